The summed E-state index contributed by atoms with van der Waals surface area (Å²) >= 11 is 1.68. The van der Waals surface area contributed by atoms with E-state index in [1.807, 2.05) is 11.0 Å². The lowest BCUT2D eigenvalue weighted by Gasteiger charge is -2.39. The van der Waals surface area contributed by atoms with Crippen LogP contribution in [-0.2, 0) is 14.8 Å². The van der Waals surface area contributed by atoms with Gasteiger partial charge in [0.25, 0.3) is 0 Å². The number of aryl methyl sites for hydroxylation is 1. The van der Waals surface area contributed by atoms with E-state index in [9.17, 15) is 13.2 Å². The van der Waals surface area contributed by atoms with E-state index in [-0.39, 0.29) is 5.91 Å². The average Bonchev–Trinajstić information content (AvgIpc) is 3.10. The number of aromatic nitrogens is 1. The highest BCUT2D eigenvalue weighted by molar-refractivity contribution is 7.88. The molecule has 2 aliphatic rings. The molecule has 1 atom stereocenters. The second kappa shape index (κ2) is 7.61. The lowest BCUT2D eigenvalue weighted by atomic mass is 10.0. The summed E-state index contributed by atoms with van der Waals surface area (Å²) < 4.78 is 26.7. The molecule has 0 aliphatic carbocycles. The summed E-state index contributed by atoms with van der Waals surface area (Å²) in [6.07, 6.45) is 3.53. The number of nitrogens with zero attached hydrogens (tertiary/aromatic N) is 4. The second-order valence-electron chi connectivity index (χ2n) is 7.67. The molecule has 9 heteroatoms. The van der Waals surface area contributed by atoms with Crippen LogP contribution in [0.5, 0.6) is 0 Å². The quantitative estimate of drug-likeness (QED) is 0.757. The van der Waals surface area contributed by atoms with Crippen molar-refractivity contribution in [3.05, 3.63) is 23.8 Å². The summed E-state index contributed by atoms with van der Waals surface area (Å²) in [4.78, 5) is 21.8. The molecule has 0 saturated carbocycles. The van der Waals surface area contributed by atoms with Gasteiger partial charge in [0.2, 0.25) is 15.9 Å². The first-order chi connectivity index (χ1) is 13.3. The van der Waals surface area contributed by atoms with Crippen LogP contribution in [-0.4, -0.2) is 73.5 Å². The van der Waals surface area contributed by atoms with Crippen LogP contribution in [0.15, 0.2) is 18.2 Å². The van der Waals surface area contributed by atoms with Crippen molar-refractivity contribution in [1.82, 2.24) is 14.2 Å². The van der Waals surface area contributed by atoms with Crippen LogP contribution < -0.4 is 4.90 Å². The summed E-state index contributed by atoms with van der Waals surface area (Å²) in [5.41, 5.74) is 2.23. The minimum atomic E-state index is -3.36. The number of rotatable bonds is 3. The van der Waals surface area contributed by atoms with Gasteiger partial charge in [-0.15, -0.1) is 0 Å². The largest absolute Gasteiger partial charge is 0.345 e. The van der Waals surface area contributed by atoms with Crippen molar-refractivity contribution in [3.63, 3.8) is 0 Å². The zero-order chi connectivity index (χ0) is 19.9. The number of benzene rings is 1. The Bertz CT molecular complexity index is 980. The Hall–Kier alpha value is -1.71. The van der Waals surface area contributed by atoms with Crippen molar-refractivity contribution in [2.45, 2.75) is 32.2 Å². The fourth-order valence-corrected chi connectivity index (χ4v) is 6.27. The van der Waals surface area contributed by atoms with Crippen molar-refractivity contribution >= 4 is 42.6 Å². The highest BCUT2D eigenvalue weighted by atomic mass is 32.2. The smallest absolute Gasteiger partial charge is 0.241 e. The van der Waals surface area contributed by atoms with Gasteiger partial charge < -0.3 is 9.80 Å². The number of anilines is 1. The van der Waals surface area contributed by atoms with Crippen LogP contribution in [0.1, 0.15) is 24.8 Å². The van der Waals surface area contributed by atoms with E-state index >= 15 is 0 Å². The molecule has 4 rings (SSSR count). The van der Waals surface area contributed by atoms with Crippen LogP contribution in [0.3, 0.4) is 0 Å². The number of carbonyl (C=O) groups is 1. The monoisotopic (exact) mass is 422 g/mol. The van der Waals surface area contributed by atoms with Crippen molar-refractivity contribution in [3.8, 4) is 0 Å². The van der Waals surface area contributed by atoms with Gasteiger partial charge in [-0.05, 0) is 37.5 Å². The maximum Gasteiger partial charge on any atom is 0.241 e. The van der Waals surface area contributed by atoms with Gasteiger partial charge in [0.05, 0.1) is 16.5 Å². The van der Waals surface area contributed by atoms with Gasteiger partial charge >= 0.3 is 0 Å². The molecule has 3 heterocycles. The minimum absolute atomic E-state index is 0.0512. The minimum Gasteiger partial charge on any atom is -0.345 e. The normalized spacial score (nSPS) is 22.0. The molecule has 2 aliphatic heterocycles. The summed E-state index contributed by atoms with van der Waals surface area (Å²) in [7, 11) is -3.36. The molecular weight excluding hydrogens is 396 g/mol. The molecule has 1 amide bonds. The van der Waals surface area contributed by atoms with Crippen LogP contribution in [0.4, 0.5) is 5.13 Å². The number of amides is 1. The molecule has 2 saturated heterocycles. The SMILES string of the molecule is Cc1ccc2nc(N3CCN(C(=O)C4CCCCN4S(C)(=O)=O)CC3)sc2c1. The number of sulfonamides is 1. The van der Waals surface area contributed by atoms with Crippen molar-refractivity contribution in [2.75, 3.05) is 43.9 Å². The zero-order valence-corrected chi connectivity index (χ0v) is 17.9. The van der Waals surface area contributed by atoms with E-state index in [4.69, 9.17) is 4.98 Å². The van der Waals surface area contributed by atoms with Gasteiger partial charge in [0.1, 0.15) is 6.04 Å². The first-order valence-electron chi connectivity index (χ1n) is 9.71. The number of piperidine rings is 1. The molecule has 7 nitrogen and oxygen atoms in total. The van der Waals surface area contributed by atoms with Gasteiger partial charge in [-0.1, -0.05) is 23.8 Å². The fraction of sp³-hybridized carbons (Fsp3) is 0.579. The molecule has 0 spiro atoms. The van der Waals surface area contributed by atoms with Gasteiger partial charge in [-0.3, -0.25) is 4.79 Å². The molecule has 152 valence electrons. The third kappa shape index (κ3) is 3.88. The number of carbonyl (C=O) groups excluding carboxylic acids is 1. The molecule has 28 heavy (non-hydrogen) atoms. The summed E-state index contributed by atoms with van der Waals surface area (Å²) in [6, 6.07) is 5.73. The lowest BCUT2D eigenvalue weighted by Crippen LogP contribution is -2.57. The predicted octanol–water partition coefficient (Wildman–Crippen LogP) is 2.07. The molecule has 1 unspecified atom stereocenters. The molecular formula is C19H26N4O3S2. The number of hydrogen-bond donors (Lipinski definition) is 0. The van der Waals surface area contributed by atoms with Gasteiger partial charge in [0.15, 0.2) is 5.13 Å². The van der Waals surface area contributed by atoms with Gasteiger partial charge in [0, 0.05) is 32.7 Å². The highest BCUT2D eigenvalue weighted by Gasteiger charge is 2.37. The topological polar surface area (TPSA) is 73.8 Å². The number of piperazine rings is 1. The van der Waals surface area contributed by atoms with Crippen LogP contribution in [0.2, 0.25) is 0 Å². The molecule has 1 aromatic carbocycles. The average molecular weight is 423 g/mol. The Kier molecular flexibility index (Phi) is 5.32. The van der Waals surface area contributed by atoms with Gasteiger partial charge in [-0.2, -0.15) is 4.31 Å². The Morgan fingerprint density at radius 1 is 1.14 bits per heavy atom. The first-order valence-corrected chi connectivity index (χ1v) is 12.4. The maximum absolute atomic E-state index is 13.0. The van der Waals surface area contributed by atoms with Crippen LogP contribution in [0.25, 0.3) is 10.2 Å². The number of hydrogen-bond acceptors (Lipinski definition) is 6. The number of thiazole rings is 1. The number of fused-ring (bicyclic) bond motifs is 1. The fourth-order valence-electron chi connectivity index (χ4n) is 4.03. The highest BCUT2D eigenvalue weighted by Crippen LogP contribution is 2.30. The lowest BCUT2D eigenvalue weighted by molar-refractivity contribution is -0.136. The van der Waals surface area contributed by atoms with E-state index in [1.54, 1.807) is 11.3 Å². The predicted molar refractivity (Wildman–Crippen MR) is 112 cm³/mol. The second-order valence-corrected chi connectivity index (χ2v) is 10.6. The Labute approximate surface area is 170 Å². The molecule has 0 radical (unpaired) electrons. The molecule has 1 aromatic heterocycles. The summed E-state index contributed by atoms with van der Waals surface area (Å²) in [5.74, 6) is -0.0512. The van der Waals surface area contributed by atoms with E-state index < -0.39 is 16.1 Å². The Balaban J connectivity index is 1.43. The van der Waals surface area contributed by atoms with E-state index in [0.29, 0.717) is 26.1 Å². The van der Waals surface area contributed by atoms with Crippen LogP contribution >= 0.6 is 11.3 Å². The molecule has 0 N–H and O–H groups in total. The first kappa shape index (κ1) is 19.6. The van der Waals surface area contributed by atoms with Crippen molar-refractivity contribution in [2.24, 2.45) is 0 Å². The molecule has 0 bridgehead atoms. The zero-order valence-electron chi connectivity index (χ0n) is 16.3. The van der Waals surface area contributed by atoms with E-state index in [2.05, 4.69) is 24.0 Å². The summed E-state index contributed by atoms with van der Waals surface area (Å²) in [6.45, 7) is 5.16. The van der Waals surface area contributed by atoms with Crippen molar-refractivity contribution in [1.29, 1.82) is 0 Å². The van der Waals surface area contributed by atoms with E-state index in [0.717, 1.165) is 36.6 Å². The summed E-state index contributed by atoms with van der Waals surface area (Å²) in [5, 5.41) is 0.989. The Morgan fingerprint density at radius 2 is 1.89 bits per heavy atom. The molecule has 2 fully saturated rings. The third-order valence-electron chi connectivity index (χ3n) is 5.56. The maximum atomic E-state index is 13.0. The Morgan fingerprint density at radius 3 is 2.61 bits per heavy atom. The third-order valence-corrected chi connectivity index (χ3v) is 7.93. The molecule has 2 aromatic rings. The van der Waals surface area contributed by atoms with Gasteiger partial charge in [-0.25, -0.2) is 13.4 Å². The van der Waals surface area contributed by atoms with E-state index in [1.165, 1.54) is 20.8 Å². The standard InChI is InChI=1S/C19H26N4O3S2/c1-14-6-7-15-17(13-14)27-19(20-15)22-11-9-21(10-12-22)18(24)16-5-3-4-8-23(16)28(2,25)26/h6-7,13,16H,3-5,8-12H2,1-2H3. The van der Waals surface area contributed by atoms with Crippen LogP contribution in [0, 0.1) is 6.92 Å². The van der Waals surface area contributed by atoms with Crippen molar-refractivity contribution < 1.29 is 13.2 Å².